The Balaban J connectivity index is 4.04. The number of quaternary nitrogens is 1. The van der Waals surface area contributed by atoms with Crippen molar-refractivity contribution < 1.29 is 14.0 Å². The van der Waals surface area contributed by atoms with Crippen LogP contribution in [0.5, 0.6) is 0 Å². The van der Waals surface area contributed by atoms with Gasteiger partial charge in [-0.25, -0.2) is 4.79 Å². The Labute approximate surface area is 93.0 Å². The second-order valence-electron chi connectivity index (χ2n) is 5.55. The van der Waals surface area contributed by atoms with E-state index < -0.39 is 5.60 Å². The van der Waals surface area contributed by atoms with E-state index in [0.717, 1.165) is 13.0 Å². The summed E-state index contributed by atoms with van der Waals surface area (Å²) in [5, 5.41) is 0. The van der Waals surface area contributed by atoms with E-state index in [2.05, 4.69) is 0 Å². The fourth-order valence-electron chi connectivity index (χ4n) is 1.32. The molecular formula is C11H25N2O2+. The van der Waals surface area contributed by atoms with E-state index in [9.17, 15) is 4.79 Å². The SMILES string of the molecule is CC(C)(C)OC(=O)C[N+](C)(C)CCCN. The summed E-state index contributed by atoms with van der Waals surface area (Å²) in [6.45, 7) is 7.60. The van der Waals surface area contributed by atoms with Gasteiger partial charge in [-0.15, -0.1) is 0 Å². The van der Waals surface area contributed by atoms with Crippen LogP contribution in [0.25, 0.3) is 0 Å². The standard InChI is InChI=1S/C11H25N2O2/c1-11(2,3)15-10(14)9-13(4,5)8-6-7-12/h6-9,12H2,1-5H3/q+1. The van der Waals surface area contributed by atoms with E-state index in [1.165, 1.54) is 0 Å². The number of hydrogen-bond donors (Lipinski definition) is 1. The Hall–Kier alpha value is -0.610. The zero-order valence-electron chi connectivity index (χ0n) is 10.7. The normalized spacial score (nSPS) is 12.7. The number of carbonyl (C=O) groups is 1. The molecule has 0 radical (unpaired) electrons. The average Bonchev–Trinajstić information content (AvgIpc) is 1.95. The number of nitrogens with zero attached hydrogens (tertiary/aromatic N) is 1. The van der Waals surface area contributed by atoms with Crippen LogP contribution in [0.1, 0.15) is 27.2 Å². The molecule has 0 aromatic carbocycles. The van der Waals surface area contributed by atoms with Crippen molar-refractivity contribution in [1.82, 2.24) is 0 Å². The van der Waals surface area contributed by atoms with Crippen molar-refractivity contribution in [3.63, 3.8) is 0 Å². The lowest BCUT2D eigenvalue weighted by Crippen LogP contribution is -2.46. The van der Waals surface area contributed by atoms with Crippen LogP contribution in [0, 0.1) is 0 Å². The lowest BCUT2D eigenvalue weighted by Gasteiger charge is -2.30. The van der Waals surface area contributed by atoms with Gasteiger partial charge in [0.25, 0.3) is 0 Å². The minimum absolute atomic E-state index is 0.149. The highest BCUT2D eigenvalue weighted by Crippen LogP contribution is 2.09. The topological polar surface area (TPSA) is 52.3 Å². The summed E-state index contributed by atoms with van der Waals surface area (Å²) >= 11 is 0. The number of rotatable bonds is 5. The van der Waals surface area contributed by atoms with Gasteiger partial charge < -0.3 is 15.0 Å². The molecule has 0 aliphatic heterocycles. The number of esters is 1. The van der Waals surface area contributed by atoms with E-state index in [-0.39, 0.29) is 5.97 Å². The maximum Gasteiger partial charge on any atom is 0.362 e. The summed E-state index contributed by atoms with van der Waals surface area (Å²) in [6, 6.07) is 0. The van der Waals surface area contributed by atoms with Gasteiger partial charge in [0.05, 0.1) is 20.6 Å². The van der Waals surface area contributed by atoms with E-state index in [4.69, 9.17) is 10.5 Å². The molecule has 2 N–H and O–H groups in total. The van der Waals surface area contributed by atoms with Gasteiger partial charge >= 0.3 is 5.97 Å². The maximum atomic E-state index is 11.6. The average molecular weight is 217 g/mol. The molecule has 0 saturated carbocycles. The number of likely N-dealkylation sites (N-methyl/N-ethyl adjacent to an activating group) is 1. The molecule has 0 saturated heterocycles. The first kappa shape index (κ1) is 14.4. The molecule has 0 heterocycles. The highest BCUT2D eigenvalue weighted by Gasteiger charge is 2.24. The largest absolute Gasteiger partial charge is 0.456 e. The second-order valence-corrected chi connectivity index (χ2v) is 5.55. The molecule has 0 unspecified atom stereocenters. The Morgan fingerprint density at radius 1 is 1.33 bits per heavy atom. The van der Waals surface area contributed by atoms with Crippen molar-refractivity contribution in [3.8, 4) is 0 Å². The molecule has 0 aromatic rings. The van der Waals surface area contributed by atoms with E-state index >= 15 is 0 Å². The van der Waals surface area contributed by atoms with Crippen molar-refractivity contribution in [2.45, 2.75) is 32.8 Å². The molecule has 0 spiro atoms. The summed E-state index contributed by atoms with van der Waals surface area (Å²) in [4.78, 5) is 11.6. The first-order valence-corrected chi connectivity index (χ1v) is 5.40. The van der Waals surface area contributed by atoms with E-state index in [1.54, 1.807) is 0 Å². The molecule has 0 aliphatic rings. The van der Waals surface area contributed by atoms with Gasteiger partial charge in [-0.2, -0.15) is 0 Å². The van der Waals surface area contributed by atoms with Gasteiger partial charge in [-0.3, -0.25) is 0 Å². The van der Waals surface area contributed by atoms with Gasteiger partial charge in [0, 0.05) is 6.42 Å². The van der Waals surface area contributed by atoms with Crippen molar-refractivity contribution in [2.75, 3.05) is 33.7 Å². The summed E-state index contributed by atoms with van der Waals surface area (Å²) in [6.07, 6.45) is 0.926. The minimum atomic E-state index is -0.398. The zero-order valence-corrected chi connectivity index (χ0v) is 10.7. The molecule has 0 rings (SSSR count). The predicted octanol–water partition coefficient (Wildman–Crippen LogP) is 0.753. The molecule has 0 fully saturated rings. The fraction of sp³-hybridized carbons (Fsp3) is 0.909. The Bertz CT molecular complexity index is 207. The fourth-order valence-corrected chi connectivity index (χ4v) is 1.32. The Kier molecular flexibility index (Phi) is 5.24. The molecule has 0 aromatic heterocycles. The van der Waals surface area contributed by atoms with Gasteiger partial charge in [-0.05, 0) is 27.3 Å². The van der Waals surface area contributed by atoms with E-state index in [1.807, 2.05) is 34.9 Å². The number of nitrogens with two attached hydrogens (primary N) is 1. The Morgan fingerprint density at radius 3 is 2.27 bits per heavy atom. The molecule has 90 valence electrons. The summed E-state index contributed by atoms with van der Waals surface area (Å²) in [5.41, 5.74) is 5.04. The van der Waals surface area contributed by atoms with Crippen molar-refractivity contribution in [1.29, 1.82) is 0 Å². The number of carbonyl (C=O) groups excluding carboxylic acids is 1. The first-order chi connectivity index (χ1) is 6.66. The molecule has 0 atom stereocenters. The van der Waals surface area contributed by atoms with Crippen molar-refractivity contribution in [3.05, 3.63) is 0 Å². The maximum absolute atomic E-state index is 11.6. The molecule has 0 bridgehead atoms. The van der Waals surface area contributed by atoms with Crippen LogP contribution >= 0.6 is 0 Å². The lowest BCUT2D eigenvalue weighted by atomic mass is 10.2. The van der Waals surface area contributed by atoms with Gasteiger partial charge in [0.15, 0.2) is 6.54 Å². The van der Waals surface area contributed by atoms with Gasteiger partial charge in [-0.1, -0.05) is 0 Å². The summed E-state index contributed by atoms with van der Waals surface area (Å²) in [5.74, 6) is -0.149. The molecule has 4 heteroatoms. The third-order valence-electron chi connectivity index (χ3n) is 1.94. The lowest BCUT2D eigenvalue weighted by molar-refractivity contribution is -0.883. The molecule has 0 amide bonds. The van der Waals surface area contributed by atoms with Crippen LogP contribution in [0.15, 0.2) is 0 Å². The predicted molar refractivity (Wildman–Crippen MR) is 61.4 cm³/mol. The van der Waals surface area contributed by atoms with Crippen LogP contribution in [-0.4, -0.2) is 49.8 Å². The molecule has 15 heavy (non-hydrogen) atoms. The highest BCUT2D eigenvalue weighted by atomic mass is 16.6. The third-order valence-corrected chi connectivity index (χ3v) is 1.94. The third kappa shape index (κ3) is 8.39. The second kappa shape index (κ2) is 5.47. The van der Waals surface area contributed by atoms with Crippen LogP contribution in [0.4, 0.5) is 0 Å². The van der Waals surface area contributed by atoms with Crippen molar-refractivity contribution >= 4 is 5.97 Å². The highest BCUT2D eigenvalue weighted by molar-refractivity contribution is 5.71. The summed E-state index contributed by atoms with van der Waals surface area (Å²) < 4.78 is 5.90. The zero-order chi connectivity index (χ0) is 12.1. The van der Waals surface area contributed by atoms with Crippen LogP contribution < -0.4 is 5.73 Å². The van der Waals surface area contributed by atoms with Gasteiger partial charge in [0.2, 0.25) is 0 Å². The quantitative estimate of drug-likeness (QED) is 0.546. The van der Waals surface area contributed by atoms with Crippen LogP contribution in [0.3, 0.4) is 0 Å². The molecule has 0 aliphatic carbocycles. The molecule has 4 nitrogen and oxygen atoms in total. The molecular weight excluding hydrogens is 192 g/mol. The van der Waals surface area contributed by atoms with Crippen LogP contribution in [0.2, 0.25) is 0 Å². The van der Waals surface area contributed by atoms with Crippen LogP contribution in [-0.2, 0) is 9.53 Å². The number of ether oxygens (including phenoxy) is 1. The number of hydrogen-bond acceptors (Lipinski definition) is 3. The first-order valence-electron chi connectivity index (χ1n) is 5.40. The van der Waals surface area contributed by atoms with E-state index in [0.29, 0.717) is 17.6 Å². The van der Waals surface area contributed by atoms with Crippen molar-refractivity contribution in [2.24, 2.45) is 5.73 Å². The minimum Gasteiger partial charge on any atom is -0.456 e. The smallest absolute Gasteiger partial charge is 0.362 e. The Morgan fingerprint density at radius 2 is 1.87 bits per heavy atom. The monoisotopic (exact) mass is 217 g/mol. The van der Waals surface area contributed by atoms with Gasteiger partial charge in [0.1, 0.15) is 5.60 Å². The summed E-state index contributed by atoms with van der Waals surface area (Å²) in [7, 11) is 4.03.